The molecule has 0 spiro atoms. The average Bonchev–Trinajstić information content (AvgIpc) is 1.88. The Bertz CT molecular complexity index is 77.6. The summed E-state index contributed by atoms with van der Waals surface area (Å²) in [4.78, 5) is 0. The molecule has 84 valence electrons. The second kappa shape index (κ2) is 12.6. The van der Waals surface area contributed by atoms with Crippen molar-refractivity contribution < 1.29 is 12.3 Å². The van der Waals surface area contributed by atoms with Crippen molar-refractivity contribution in [1.82, 2.24) is 0 Å². The second-order valence-corrected chi connectivity index (χ2v) is 18.0. The van der Waals surface area contributed by atoms with Crippen LogP contribution in [0.3, 0.4) is 0 Å². The summed E-state index contributed by atoms with van der Waals surface area (Å²) in [7, 11) is 20.1. The van der Waals surface area contributed by atoms with Crippen LogP contribution in [0.4, 0.5) is 0 Å². The predicted octanol–water partition coefficient (Wildman–Crippen LogP) is 4.56. The van der Waals surface area contributed by atoms with Crippen LogP contribution in [0.15, 0.2) is 0 Å². The summed E-state index contributed by atoms with van der Waals surface area (Å²) in [5.41, 5.74) is 0. The van der Waals surface area contributed by atoms with Gasteiger partial charge in [0.05, 0.1) is 0 Å². The molecule has 1 aliphatic rings. The summed E-state index contributed by atoms with van der Waals surface area (Å²) in [6, 6.07) is 0. The first-order chi connectivity index (χ1) is 5.00. The van der Waals surface area contributed by atoms with E-state index >= 15 is 0 Å². The van der Waals surface area contributed by atoms with E-state index in [0.29, 0.717) is 0 Å². The summed E-state index contributed by atoms with van der Waals surface area (Å²) in [5.74, 6) is 0. The Morgan fingerprint density at radius 1 is 0.538 bits per heavy atom. The topological polar surface area (TPSA) is 0 Å². The smallest absolute Gasteiger partial charge is 0.813 e. The van der Waals surface area contributed by atoms with E-state index in [1.165, 1.54) is 38.5 Å². The molecule has 1 rings (SSSR count). The first-order valence-electron chi connectivity index (χ1n) is 3.76. The van der Waals surface area contributed by atoms with Crippen molar-refractivity contribution in [3.63, 3.8) is 0 Å². The van der Waals surface area contributed by atoms with Crippen LogP contribution in [0.25, 0.3) is 0 Å². The van der Waals surface area contributed by atoms with Crippen molar-refractivity contribution >= 4 is 64.2 Å². The van der Waals surface area contributed by atoms with Gasteiger partial charge < -0.3 is 27.0 Å². The van der Waals surface area contributed by atoms with Crippen molar-refractivity contribution in [2.75, 3.05) is 0 Å². The Hall–Kier alpha value is 2.57. The van der Waals surface area contributed by atoms with Gasteiger partial charge >= 0.3 is 49.6 Å². The van der Waals surface area contributed by atoms with Gasteiger partial charge in [-0.3, -0.25) is 0 Å². The fourth-order valence-electron chi connectivity index (χ4n) is 1.06. The quantitative estimate of drug-likeness (QED) is 0.360. The molecular weight excluding hydrogens is 326 g/mol. The molecule has 7 heteroatoms. The van der Waals surface area contributed by atoms with Crippen LogP contribution in [0.2, 0.25) is 0 Å². The number of hydrogen-bond acceptors (Lipinski definition) is 2. The molecule has 1 saturated carbocycles. The van der Waals surface area contributed by atoms with E-state index < -0.39 is 12.3 Å². The van der Waals surface area contributed by atoms with Crippen LogP contribution in [-0.2, 0) is 39.3 Å². The van der Waals surface area contributed by atoms with Crippen molar-refractivity contribution in [2.45, 2.75) is 38.5 Å². The van der Waals surface area contributed by atoms with E-state index in [9.17, 15) is 0 Å². The SMILES string of the molecule is C1CCCCC1.[Cl][Ti]([Cl])([Cl])[Cl].[SH-].[SH-]. The Kier molecular flexibility index (Phi) is 20.3. The monoisotopic (exact) mass is 338 g/mol. The van der Waals surface area contributed by atoms with Gasteiger partial charge in [-0.25, -0.2) is 0 Å². The number of halogens is 4. The Labute approximate surface area is 114 Å². The second-order valence-electron chi connectivity index (χ2n) is 2.55. The maximum Gasteiger partial charge on any atom is -0.813 e. The molecule has 0 bridgehead atoms. The molecule has 0 aromatic rings. The van der Waals surface area contributed by atoms with Gasteiger partial charge in [0.25, 0.3) is 0 Å². The van der Waals surface area contributed by atoms with Gasteiger partial charge in [0.15, 0.2) is 0 Å². The number of thiol groups is 2. The molecule has 0 radical (unpaired) electrons. The molecule has 0 aromatic heterocycles. The Balaban J connectivity index is -0.000000136. The molecule has 1 fully saturated rings. The average molecular weight is 340 g/mol. The molecule has 1 aliphatic carbocycles. The van der Waals surface area contributed by atoms with Crippen LogP contribution >= 0.6 is 37.2 Å². The van der Waals surface area contributed by atoms with E-state index in [2.05, 4.69) is 0 Å². The van der Waals surface area contributed by atoms with Crippen molar-refractivity contribution in [2.24, 2.45) is 0 Å². The minimum Gasteiger partial charge on any atom is -0.813 e. The summed E-state index contributed by atoms with van der Waals surface area (Å²) in [6.45, 7) is 0. The van der Waals surface area contributed by atoms with Gasteiger partial charge in [-0.05, 0) is 0 Å². The molecule has 0 unspecified atom stereocenters. The van der Waals surface area contributed by atoms with Crippen molar-refractivity contribution in [3.8, 4) is 0 Å². The number of hydrogen-bond donors (Lipinski definition) is 0. The minimum atomic E-state index is -3.11. The molecule has 0 saturated heterocycles. The summed E-state index contributed by atoms with van der Waals surface area (Å²) in [5, 5.41) is 0. The summed E-state index contributed by atoms with van der Waals surface area (Å²) >= 11 is -3.11. The van der Waals surface area contributed by atoms with Crippen LogP contribution in [0.5, 0.6) is 0 Å². The maximum absolute atomic E-state index is 5.01. The Morgan fingerprint density at radius 3 is 0.692 bits per heavy atom. The van der Waals surface area contributed by atoms with Crippen LogP contribution < -0.4 is 0 Å². The normalized spacial score (nSPS) is 15.7. The van der Waals surface area contributed by atoms with Gasteiger partial charge in [0.2, 0.25) is 0 Å². The molecule has 0 aromatic carbocycles. The fourth-order valence-corrected chi connectivity index (χ4v) is 1.06. The maximum atomic E-state index is 5.01. The molecule has 0 nitrogen and oxygen atoms in total. The van der Waals surface area contributed by atoms with Gasteiger partial charge in [0, 0.05) is 0 Å². The van der Waals surface area contributed by atoms with Crippen LogP contribution in [-0.4, -0.2) is 0 Å². The van der Waals surface area contributed by atoms with Gasteiger partial charge in [-0.15, -0.1) is 0 Å². The van der Waals surface area contributed by atoms with E-state index in [1.807, 2.05) is 0 Å². The van der Waals surface area contributed by atoms with Crippen LogP contribution in [0, 0.1) is 0 Å². The zero-order valence-corrected chi connectivity index (χ0v) is 13.5. The Morgan fingerprint density at radius 2 is 0.615 bits per heavy atom. The van der Waals surface area contributed by atoms with E-state index in [0.717, 1.165) is 0 Å². The van der Waals surface area contributed by atoms with Crippen LogP contribution in [0.1, 0.15) is 38.5 Å². The van der Waals surface area contributed by atoms with E-state index in [4.69, 9.17) is 37.2 Å². The zero-order valence-electron chi connectivity index (χ0n) is 7.15. The summed E-state index contributed by atoms with van der Waals surface area (Å²) < 4.78 is 0. The standard InChI is InChI=1S/C6H12.4ClH.2H2S.Ti/c1-2-4-6-5-3-1;;;;;;;/h1-6H2;4*1H;2*1H2;/q;;;;;;;+4/p-6. The first kappa shape index (κ1) is 20.9. The van der Waals surface area contributed by atoms with E-state index in [1.54, 1.807) is 0 Å². The van der Waals surface area contributed by atoms with Crippen molar-refractivity contribution in [1.29, 1.82) is 0 Å². The fraction of sp³-hybridized carbons (Fsp3) is 1.00. The first-order valence-corrected chi connectivity index (χ1v) is 12.4. The molecule has 13 heavy (non-hydrogen) atoms. The van der Waals surface area contributed by atoms with Crippen molar-refractivity contribution in [3.05, 3.63) is 0 Å². The molecule has 0 atom stereocenters. The summed E-state index contributed by atoms with van der Waals surface area (Å²) in [6.07, 6.45) is 9.00. The third kappa shape index (κ3) is 31.3. The third-order valence-electron chi connectivity index (χ3n) is 1.50. The molecule has 0 heterocycles. The minimum absolute atomic E-state index is 0. The third-order valence-corrected chi connectivity index (χ3v) is 1.50. The predicted molar refractivity (Wildman–Crippen MR) is 68.6 cm³/mol. The molecular formula is C6H14Cl4S2Ti-2. The van der Waals surface area contributed by atoms with Gasteiger partial charge in [0.1, 0.15) is 0 Å². The molecule has 0 N–H and O–H groups in total. The largest absolute Gasteiger partial charge is 0.813 e. The molecule has 0 amide bonds. The van der Waals surface area contributed by atoms with E-state index in [-0.39, 0.29) is 27.0 Å². The number of rotatable bonds is 0. The molecule has 0 aliphatic heterocycles. The van der Waals surface area contributed by atoms with Gasteiger partial charge in [-0.2, -0.15) is 0 Å². The van der Waals surface area contributed by atoms with Gasteiger partial charge in [-0.1, -0.05) is 38.5 Å². The zero-order chi connectivity index (χ0) is 8.74.